The lowest BCUT2D eigenvalue weighted by molar-refractivity contribution is -0.142. The Balaban J connectivity index is 2.04. The van der Waals surface area contributed by atoms with Gasteiger partial charge in [-0.05, 0) is 16.7 Å². The van der Waals surface area contributed by atoms with Crippen LogP contribution >= 0.6 is 0 Å². The second kappa shape index (κ2) is 8.85. The van der Waals surface area contributed by atoms with Crippen LogP contribution in [0.3, 0.4) is 0 Å². The first-order valence-electron chi connectivity index (χ1n) is 9.97. The van der Waals surface area contributed by atoms with Crippen LogP contribution in [-0.4, -0.2) is 19.1 Å². The lowest BCUT2D eigenvalue weighted by Gasteiger charge is -2.39. The van der Waals surface area contributed by atoms with Crippen molar-refractivity contribution >= 4 is 24.4 Å². The van der Waals surface area contributed by atoms with Gasteiger partial charge in [0.15, 0.2) is 0 Å². The van der Waals surface area contributed by atoms with Crippen molar-refractivity contribution in [1.29, 1.82) is 0 Å². The van der Waals surface area contributed by atoms with Crippen LogP contribution in [0.4, 0.5) is 0 Å². The smallest absolute Gasteiger partial charge is 0.302 e. The third kappa shape index (κ3) is 4.50. The minimum absolute atomic E-state index is 0.0788. The molecule has 1 aliphatic carbocycles. The van der Waals surface area contributed by atoms with Crippen molar-refractivity contribution in [2.45, 2.75) is 64.3 Å². The number of aliphatic hydroxyl groups excluding tert-OH is 1. The van der Waals surface area contributed by atoms with E-state index >= 15 is 0 Å². The number of benzene rings is 2. The van der Waals surface area contributed by atoms with E-state index < -0.39 is 8.07 Å². The lowest BCUT2D eigenvalue weighted by Crippen LogP contribution is -2.59. The molecule has 0 aliphatic heterocycles. The summed E-state index contributed by atoms with van der Waals surface area (Å²) in [6.45, 7) is 4.33. The van der Waals surface area contributed by atoms with Gasteiger partial charge in [0.1, 0.15) is 14.7 Å². The van der Waals surface area contributed by atoms with Gasteiger partial charge in [-0.3, -0.25) is 4.79 Å². The summed E-state index contributed by atoms with van der Waals surface area (Å²) in [5, 5.41) is 12.4. The molecule has 1 fully saturated rings. The van der Waals surface area contributed by atoms with Crippen LogP contribution in [0.2, 0.25) is 12.1 Å². The molecule has 0 radical (unpaired) electrons. The summed E-state index contributed by atoms with van der Waals surface area (Å²) >= 11 is 0. The van der Waals surface area contributed by atoms with Crippen LogP contribution in [-0.2, 0) is 22.7 Å². The first-order chi connectivity index (χ1) is 13.0. The van der Waals surface area contributed by atoms with E-state index in [0.717, 1.165) is 11.1 Å². The standard InChI is InChI=1S/C23H30O3Si/c1-18(25)26-17-20-9-7-13-23(15-20)27(2,21-10-4-3-5-11-21)22-12-6-8-19(14-22)16-24/h6-9,12-15,21,24H,3-5,10-11,16-17H2,1-2H3/t27-/m0/s1. The van der Waals surface area contributed by atoms with Crippen molar-refractivity contribution in [2.75, 3.05) is 0 Å². The molecule has 0 amide bonds. The van der Waals surface area contributed by atoms with Gasteiger partial charge in [-0.1, -0.05) is 97.6 Å². The molecular weight excluding hydrogens is 352 g/mol. The van der Waals surface area contributed by atoms with Crippen molar-refractivity contribution < 1.29 is 14.6 Å². The number of hydrogen-bond donors (Lipinski definition) is 1. The first kappa shape index (κ1) is 19.8. The molecule has 1 aliphatic rings. The monoisotopic (exact) mass is 382 g/mol. The number of ether oxygens (including phenoxy) is 1. The Morgan fingerprint density at radius 3 is 2.22 bits per heavy atom. The second-order valence-electron chi connectivity index (χ2n) is 7.88. The van der Waals surface area contributed by atoms with Gasteiger partial charge in [0.05, 0.1) is 6.61 Å². The van der Waals surface area contributed by atoms with E-state index in [4.69, 9.17) is 4.74 Å². The Bertz CT molecular complexity index is 783. The van der Waals surface area contributed by atoms with Crippen molar-refractivity contribution in [1.82, 2.24) is 0 Å². The van der Waals surface area contributed by atoms with Gasteiger partial charge >= 0.3 is 5.97 Å². The highest BCUT2D eigenvalue weighted by Crippen LogP contribution is 2.37. The highest BCUT2D eigenvalue weighted by atomic mass is 28.3. The molecule has 1 saturated carbocycles. The first-order valence-corrected chi connectivity index (χ1v) is 12.5. The van der Waals surface area contributed by atoms with E-state index in [1.165, 1.54) is 49.4 Å². The molecule has 2 aromatic rings. The van der Waals surface area contributed by atoms with Crippen LogP contribution < -0.4 is 10.4 Å². The van der Waals surface area contributed by atoms with Gasteiger partial charge in [-0.25, -0.2) is 0 Å². The molecule has 0 unspecified atom stereocenters. The molecule has 0 saturated heterocycles. The fourth-order valence-corrected chi connectivity index (χ4v) is 9.17. The topological polar surface area (TPSA) is 46.5 Å². The predicted molar refractivity (Wildman–Crippen MR) is 112 cm³/mol. The largest absolute Gasteiger partial charge is 0.461 e. The number of aliphatic hydroxyl groups is 1. The molecule has 3 nitrogen and oxygen atoms in total. The predicted octanol–water partition coefficient (Wildman–Crippen LogP) is 3.77. The average Bonchev–Trinajstić information content (AvgIpc) is 2.72. The van der Waals surface area contributed by atoms with E-state index in [0.29, 0.717) is 12.1 Å². The number of esters is 1. The molecule has 0 heterocycles. The summed E-state index contributed by atoms with van der Waals surface area (Å²) in [5.74, 6) is -0.247. The third-order valence-electron chi connectivity index (χ3n) is 6.10. The van der Waals surface area contributed by atoms with Gasteiger partial charge in [0.2, 0.25) is 0 Å². The maximum Gasteiger partial charge on any atom is 0.302 e. The normalized spacial score (nSPS) is 17.3. The fraction of sp³-hybridized carbons (Fsp3) is 0.435. The molecule has 3 rings (SSSR count). The SMILES string of the molecule is CC(=O)OCc1cccc([Si@](C)(c2cccc(CO)c2)C2CCCCC2)c1. The van der Waals surface area contributed by atoms with Crippen molar-refractivity contribution in [3.8, 4) is 0 Å². The van der Waals surface area contributed by atoms with Crippen LogP contribution in [0.5, 0.6) is 0 Å². The minimum atomic E-state index is -1.99. The van der Waals surface area contributed by atoms with Crippen LogP contribution in [0.25, 0.3) is 0 Å². The average molecular weight is 383 g/mol. The van der Waals surface area contributed by atoms with Crippen LogP contribution in [0.15, 0.2) is 48.5 Å². The summed E-state index contributed by atoms with van der Waals surface area (Å²) in [6, 6.07) is 17.2. The molecule has 0 bridgehead atoms. The van der Waals surface area contributed by atoms with E-state index in [9.17, 15) is 9.90 Å². The Hall–Kier alpha value is -1.91. The lowest BCUT2D eigenvalue weighted by atomic mass is 10.0. The Morgan fingerprint density at radius 2 is 1.63 bits per heavy atom. The van der Waals surface area contributed by atoms with Crippen molar-refractivity contribution in [2.24, 2.45) is 0 Å². The zero-order valence-electron chi connectivity index (χ0n) is 16.4. The molecule has 27 heavy (non-hydrogen) atoms. The maximum absolute atomic E-state index is 11.2. The fourth-order valence-electron chi connectivity index (χ4n) is 4.48. The maximum atomic E-state index is 11.2. The highest BCUT2D eigenvalue weighted by Gasteiger charge is 2.40. The molecule has 4 heteroatoms. The van der Waals surface area contributed by atoms with Gasteiger partial charge in [-0.2, -0.15) is 0 Å². The van der Waals surface area contributed by atoms with Gasteiger partial charge in [0.25, 0.3) is 0 Å². The van der Waals surface area contributed by atoms with Crippen LogP contribution in [0, 0.1) is 0 Å². The molecule has 0 aromatic heterocycles. The molecular formula is C23H30O3Si. The Morgan fingerprint density at radius 1 is 1.04 bits per heavy atom. The van der Waals surface area contributed by atoms with Gasteiger partial charge in [0, 0.05) is 6.92 Å². The van der Waals surface area contributed by atoms with Crippen molar-refractivity contribution in [3.63, 3.8) is 0 Å². The Kier molecular flexibility index (Phi) is 6.50. The number of rotatable bonds is 6. The summed E-state index contributed by atoms with van der Waals surface area (Å²) in [6.07, 6.45) is 6.50. The molecule has 144 valence electrons. The summed E-state index contributed by atoms with van der Waals surface area (Å²) in [4.78, 5) is 11.2. The minimum Gasteiger partial charge on any atom is -0.461 e. The molecule has 1 atom stereocenters. The molecule has 2 aromatic carbocycles. The van der Waals surface area contributed by atoms with Gasteiger partial charge < -0.3 is 9.84 Å². The zero-order chi connectivity index (χ0) is 19.3. The third-order valence-corrected chi connectivity index (χ3v) is 11.3. The second-order valence-corrected chi connectivity index (χ2v) is 12.3. The quantitative estimate of drug-likeness (QED) is 0.611. The van der Waals surface area contributed by atoms with E-state index in [1.54, 1.807) is 0 Å². The number of carbonyl (C=O) groups excluding carboxylic acids is 1. The van der Waals surface area contributed by atoms with E-state index in [1.807, 2.05) is 12.1 Å². The Labute approximate surface area is 163 Å². The summed E-state index contributed by atoms with van der Waals surface area (Å²) in [7, 11) is -1.99. The number of hydrogen-bond acceptors (Lipinski definition) is 3. The molecule has 1 N–H and O–H groups in total. The van der Waals surface area contributed by atoms with Crippen LogP contribution in [0.1, 0.15) is 50.2 Å². The summed E-state index contributed by atoms with van der Waals surface area (Å²) < 4.78 is 5.23. The van der Waals surface area contributed by atoms with Gasteiger partial charge in [-0.15, -0.1) is 0 Å². The molecule has 0 spiro atoms. The van der Waals surface area contributed by atoms with E-state index in [-0.39, 0.29) is 12.6 Å². The van der Waals surface area contributed by atoms with Crippen molar-refractivity contribution in [3.05, 3.63) is 59.7 Å². The number of carbonyl (C=O) groups is 1. The summed E-state index contributed by atoms with van der Waals surface area (Å²) in [5.41, 5.74) is 2.73. The highest BCUT2D eigenvalue weighted by molar-refractivity contribution is 7.02. The van der Waals surface area contributed by atoms with E-state index in [2.05, 4.69) is 42.9 Å². The zero-order valence-corrected chi connectivity index (χ0v) is 17.4.